The van der Waals surface area contributed by atoms with Crippen molar-refractivity contribution in [1.82, 2.24) is 13.4 Å². The minimum Gasteiger partial charge on any atom is -0.491 e. The normalized spacial score (nSPS) is 14.2. The van der Waals surface area contributed by atoms with E-state index in [9.17, 15) is 26.4 Å². The Morgan fingerprint density at radius 3 is 2.26 bits per heavy atom. The number of nitrogens with zero attached hydrogens (tertiary/aromatic N) is 3. The fraction of sp³-hybridized carbons (Fsp3) is 0.381. The lowest BCUT2D eigenvalue weighted by atomic mass is 10.0. The summed E-state index contributed by atoms with van der Waals surface area (Å²) in [5, 5.41) is 0.349. The lowest BCUT2D eigenvalue weighted by molar-refractivity contribution is -0.0177. The smallest absolute Gasteiger partial charge is 0.410 e. The van der Waals surface area contributed by atoms with E-state index >= 15 is 0 Å². The third-order valence-electron chi connectivity index (χ3n) is 9.56. The Bertz CT molecular complexity index is 2530. The number of aryl methyl sites for hydroxylation is 2. The zero-order chi connectivity index (χ0) is 41.1. The van der Waals surface area contributed by atoms with E-state index in [1.165, 1.54) is 29.9 Å². The van der Waals surface area contributed by atoms with E-state index < -0.39 is 31.0 Å². The highest BCUT2D eigenvalue weighted by atomic mass is 32.2. The molecule has 1 aliphatic heterocycles. The van der Waals surface area contributed by atoms with Gasteiger partial charge in [0.05, 0.1) is 23.4 Å². The van der Waals surface area contributed by atoms with Crippen molar-refractivity contribution < 1.29 is 40.6 Å². The summed E-state index contributed by atoms with van der Waals surface area (Å²) in [6.45, 7) is 10.7. The van der Waals surface area contributed by atoms with Crippen LogP contribution in [0.4, 0.5) is 4.79 Å². The number of amides is 1. The van der Waals surface area contributed by atoms with Crippen molar-refractivity contribution in [3.63, 3.8) is 0 Å². The van der Waals surface area contributed by atoms with Gasteiger partial charge in [0.1, 0.15) is 35.0 Å². The van der Waals surface area contributed by atoms with Gasteiger partial charge in [0.25, 0.3) is 15.6 Å². The number of pyridine rings is 1. The number of ether oxygens (including phenoxy) is 4. The number of rotatable bonds is 13. The van der Waals surface area contributed by atoms with E-state index in [4.69, 9.17) is 18.9 Å². The molecule has 0 spiro atoms. The van der Waals surface area contributed by atoms with Crippen LogP contribution in [-0.4, -0.2) is 80.1 Å². The fourth-order valence-electron chi connectivity index (χ4n) is 6.55. The van der Waals surface area contributed by atoms with Gasteiger partial charge in [0, 0.05) is 60.9 Å². The van der Waals surface area contributed by atoms with Crippen LogP contribution in [-0.2, 0) is 42.1 Å². The van der Waals surface area contributed by atoms with Crippen LogP contribution in [0.1, 0.15) is 51.7 Å². The van der Waals surface area contributed by atoms with Crippen molar-refractivity contribution in [2.75, 3.05) is 32.1 Å². The molecule has 6 rings (SSSR count). The van der Waals surface area contributed by atoms with E-state index in [1.54, 1.807) is 78.7 Å². The van der Waals surface area contributed by atoms with Crippen LogP contribution < -0.4 is 15.0 Å². The van der Waals surface area contributed by atoms with Crippen molar-refractivity contribution in [1.29, 1.82) is 0 Å². The molecular formula is C42H49N3O10S2. The fourth-order valence-corrected chi connectivity index (χ4v) is 8.79. The number of hydrogen-bond acceptors (Lipinski definition) is 10. The van der Waals surface area contributed by atoms with Gasteiger partial charge >= 0.3 is 6.09 Å². The number of carbonyl (C=O) groups excluding carboxylic acids is 1. The zero-order valence-electron chi connectivity index (χ0n) is 33.1. The lowest BCUT2D eigenvalue weighted by Gasteiger charge is -2.33. The molecule has 1 amide bonds. The Kier molecular flexibility index (Phi) is 12.2. The average molecular weight is 820 g/mol. The topological polar surface area (TPSA) is 152 Å². The summed E-state index contributed by atoms with van der Waals surface area (Å²) in [4.78, 5) is 27.8. The molecule has 13 nitrogen and oxygen atoms in total. The lowest BCUT2D eigenvalue weighted by Crippen LogP contribution is -2.43. The van der Waals surface area contributed by atoms with Crippen LogP contribution in [0.2, 0.25) is 0 Å². The standard InChI is InChI=1S/C42H49N3O10S2/c1-7-56(48,49)28-30-13-16-38(54-33-10-8-9-32(26-33)53-24-23-52-31-17-20-44(21-18-31)41(47)55-42(3,4)5)36(25-30)37-27-43(6)40(46)39-35(37)19-22-45(39)57(50,51)34-14-11-29(2)12-15-34/h8-16,19,22,25-27,31H,7,17-18,20-21,23-24,28H2,1-6H3. The van der Waals surface area contributed by atoms with Gasteiger partial charge in [-0.2, -0.15) is 0 Å². The number of hydrogen-bond donors (Lipinski definition) is 0. The first-order chi connectivity index (χ1) is 26.9. The molecule has 0 unspecified atom stereocenters. The minimum absolute atomic E-state index is 0.000715. The molecule has 0 bridgehead atoms. The molecule has 1 saturated heterocycles. The van der Waals surface area contributed by atoms with Crippen LogP contribution in [0, 0.1) is 6.92 Å². The Labute approximate surface area is 333 Å². The molecule has 57 heavy (non-hydrogen) atoms. The van der Waals surface area contributed by atoms with Crippen molar-refractivity contribution in [3.05, 3.63) is 107 Å². The molecule has 1 aliphatic rings. The molecular weight excluding hydrogens is 771 g/mol. The van der Waals surface area contributed by atoms with Crippen LogP contribution in [0.25, 0.3) is 22.0 Å². The van der Waals surface area contributed by atoms with E-state index in [0.29, 0.717) is 71.9 Å². The second-order valence-corrected chi connectivity index (χ2v) is 19.3. The number of aromatic nitrogens is 2. The number of carbonyl (C=O) groups is 1. The average Bonchev–Trinajstić information content (AvgIpc) is 3.62. The highest BCUT2D eigenvalue weighted by molar-refractivity contribution is 7.90. The molecule has 0 radical (unpaired) electrons. The first-order valence-corrected chi connectivity index (χ1v) is 22.1. The van der Waals surface area contributed by atoms with Crippen LogP contribution >= 0.6 is 0 Å². The van der Waals surface area contributed by atoms with Gasteiger partial charge in [0.15, 0.2) is 9.84 Å². The largest absolute Gasteiger partial charge is 0.491 e. The molecule has 0 atom stereocenters. The summed E-state index contributed by atoms with van der Waals surface area (Å²) in [5.74, 6) is 1.04. The van der Waals surface area contributed by atoms with Gasteiger partial charge < -0.3 is 28.4 Å². The highest BCUT2D eigenvalue weighted by Crippen LogP contribution is 2.39. The van der Waals surface area contributed by atoms with Crippen LogP contribution in [0.5, 0.6) is 17.2 Å². The maximum absolute atomic E-state index is 13.8. The number of benzene rings is 3. The quantitative estimate of drug-likeness (QED) is 0.113. The summed E-state index contributed by atoms with van der Waals surface area (Å²) in [7, 11) is -6.03. The Balaban J connectivity index is 1.23. The second kappa shape index (κ2) is 16.8. The maximum atomic E-state index is 13.8. The number of likely N-dealkylation sites (tertiary alicyclic amines) is 1. The van der Waals surface area contributed by atoms with Crippen molar-refractivity contribution >= 4 is 36.9 Å². The van der Waals surface area contributed by atoms with Crippen molar-refractivity contribution in [2.24, 2.45) is 7.05 Å². The summed E-state index contributed by atoms with van der Waals surface area (Å²) in [6, 6.07) is 20.0. The predicted molar refractivity (Wildman–Crippen MR) is 218 cm³/mol. The van der Waals surface area contributed by atoms with E-state index in [-0.39, 0.29) is 40.7 Å². The van der Waals surface area contributed by atoms with Crippen LogP contribution in [0.15, 0.2) is 94.9 Å². The van der Waals surface area contributed by atoms with Gasteiger partial charge in [-0.25, -0.2) is 25.6 Å². The first-order valence-electron chi connectivity index (χ1n) is 18.8. The molecule has 3 aromatic carbocycles. The summed E-state index contributed by atoms with van der Waals surface area (Å²) >= 11 is 0. The monoisotopic (exact) mass is 819 g/mol. The molecule has 2 aromatic heterocycles. The summed E-state index contributed by atoms with van der Waals surface area (Å²) < 4.78 is 79.3. The first kappa shape index (κ1) is 41.5. The zero-order valence-corrected chi connectivity index (χ0v) is 34.7. The maximum Gasteiger partial charge on any atom is 0.410 e. The van der Waals surface area contributed by atoms with Gasteiger partial charge in [-0.05, 0) is 88.6 Å². The Morgan fingerprint density at radius 1 is 0.877 bits per heavy atom. The van der Waals surface area contributed by atoms with Gasteiger partial charge in [-0.1, -0.05) is 36.8 Å². The number of sulfone groups is 1. The van der Waals surface area contributed by atoms with E-state index in [0.717, 1.165) is 9.54 Å². The predicted octanol–water partition coefficient (Wildman–Crippen LogP) is 7.07. The SMILES string of the molecule is CCS(=O)(=O)Cc1ccc(Oc2cccc(OCCOC3CCN(C(=O)OC(C)(C)C)CC3)c2)c(-c2cn(C)c(=O)c3c2ccn3S(=O)(=O)c2ccc(C)cc2)c1. The molecule has 0 aliphatic carbocycles. The second-order valence-electron chi connectivity index (χ2n) is 15.1. The number of fused-ring (bicyclic) bond motifs is 1. The summed E-state index contributed by atoms with van der Waals surface area (Å²) in [5.41, 5.74) is 1.19. The van der Waals surface area contributed by atoms with Crippen molar-refractivity contribution in [2.45, 2.75) is 69.8 Å². The van der Waals surface area contributed by atoms with Gasteiger partial charge in [-0.3, -0.25) is 4.79 Å². The molecule has 0 saturated carbocycles. The third kappa shape index (κ3) is 9.89. The van der Waals surface area contributed by atoms with Crippen LogP contribution in [0.3, 0.4) is 0 Å². The molecule has 3 heterocycles. The Hall–Kier alpha value is -5.12. The van der Waals surface area contributed by atoms with E-state index in [2.05, 4.69) is 0 Å². The molecule has 304 valence electrons. The highest BCUT2D eigenvalue weighted by Gasteiger charge is 2.28. The summed E-state index contributed by atoms with van der Waals surface area (Å²) in [6.07, 6.45) is 4.03. The molecule has 15 heteroatoms. The minimum atomic E-state index is -4.15. The molecule has 0 N–H and O–H groups in total. The van der Waals surface area contributed by atoms with E-state index in [1.807, 2.05) is 27.7 Å². The van der Waals surface area contributed by atoms with Crippen molar-refractivity contribution in [3.8, 4) is 28.4 Å². The van der Waals surface area contributed by atoms with Gasteiger partial charge in [-0.15, -0.1) is 0 Å². The Morgan fingerprint density at radius 2 is 1.58 bits per heavy atom. The number of piperidine rings is 1. The third-order valence-corrected chi connectivity index (χ3v) is 12.9. The molecule has 5 aromatic rings. The van der Waals surface area contributed by atoms with Gasteiger partial charge in [0.2, 0.25) is 0 Å². The molecule has 1 fully saturated rings.